The van der Waals surface area contributed by atoms with Crippen molar-refractivity contribution < 1.29 is 14.3 Å². The number of nitrogen functional groups attached to an aromatic ring is 1. The van der Waals surface area contributed by atoms with Gasteiger partial charge < -0.3 is 10.8 Å². The second-order valence-electron chi connectivity index (χ2n) is 2.74. The van der Waals surface area contributed by atoms with Crippen LogP contribution in [0.15, 0.2) is 18.2 Å². The van der Waals surface area contributed by atoms with Gasteiger partial charge in [-0.1, -0.05) is 6.07 Å². The van der Waals surface area contributed by atoms with Crippen LogP contribution in [0.3, 0.4) is 0 Å². The molecular formula is C9H10FNO2. The molecule has 0 radical (unpaired) electrons. The Bertz CT molecular complexity index is 325. The third kappa shape index (κ3) is 2.74. The van der Waals surface area contributed by atoms with Gasteiger partial charge in [0.15, 0.2) is 0 Å². The van der Waals surface area contributed by atoms with Crippen LogP contribution in [0.2, 0.25) is 0 Å². The molecule has 0 amide bonds. The van der Waals surface area contributed by atoms with E-state index in [2.05, 4.69) is 0 Å². The van der Waals surface area contributed by atoms with Crippen LogP contribution in [-0.4, -0.2) is 11.1 Å². The maximum Gasteiger partial charge on any atom is 0.303 e. The molecule has 1 aromatic carbocycles. The number of halogens is 1. The highest BCUT2D eigenvalue weighted by molar-refractivity contribution is 5.67. The van der Waals surface area contributed by atoms with E-state index in [9.17, 15) is 9.18 Å². The molecule has 0 spiro atoms. The van der Waals surface area contributed by atoms with Crippen LogP contribution in [0.25, 0.3) is 0 Å². The van der Waals surface area contributed by atoms with Crippen LogP contribution in [0.4, 0.5) is 10.1 Å². The third-order valence-corrected chi connectivity index (χ3v) is 1.69. The van der Waals surface area contributed by atoms with Crippen molar-refractivity contribution in [2.75, 3.05) is 5.73 Å². The molecule has 3 N–H and O–H groups in total. The summed E-state index contributed by atoms with van der Waals surface area (Å²) in [6.07, 6.45) is 0.127. The molecule has 1 aromatic rings. The number of carbonyl (C=O) groups is 1. The summed E-state index contributed by atoms with van der Waals surface area (Å²) in [6.45, 7) is 0. The van der Waals surface area contributed by atoms with Crippen molar-refractivity contribution in [2.24, 2.45) is 0 Å². The van der Waals surface area contributed by atoms with Gasteiger partial charge in [0.1, 0.15) is 5.82 Å². The largest absolute Gasteiger partial charge is 0.481 e. The summed E-state index contributed by atoms with van der Waals surface area (Å²) in [5.74, 6) is -1.38. The monoisotopic (exact) mass is 183 g/mol. The van der Waals surface area contributed by atoms with Crippen molar-refractivity contribution in [3.63, 3.8) is 0 Å². The average molecular weight is 183 g/mol. The van der Waals surface area contributed by atoms with Gasteiger partial charge in [0, 0.05) is 12.1 Å². The number of benzene rings is 1. The minimum Gasteiger partial charge on any atom is -0.481 e. The lowest BCUT2D eigenvalue weighted by molar-refractivity contribution is -0.136. The fraction of sp³-hybridized carbons (Fsp3) is 0.222. The number of anilines is 1. The topological polar surface area (TPSA) is 63.3 Å². The summed E-state index contributed by atoms with van der Waals surface area (Å²) < 4.78 is 13.0. The standard InChI is InChI=1S/C9H10FNO2/c10-8-5-7(11)3-1-6(8)2-4-9(12)13/h1,3,5H,2,4,11H2,(H,12,13). The highest BCUT2D eigenvalue weighted by Crippen LogP contribution is 2.13. The zero-order chi connectivity index (χ0) is 9.84. The van der Waals surface area contributed by atoms with Crippen molar-refractivity contribution >= 4 is 11.7 Å². The molecule has 0 bridgehead atoms. The van der Waals surface area contributed by atoms with E-state index in [1.54, 1.807) is 6.07 Å². The normalized spacial score (nSPS) is 9.92. The van der Waals surface area contributed by atoms with Gasteiger partial charge in [-0.25, -0.2) is 4.39 Å². The predicted molar refractivity (Wildman–Crippen MR) is 46.8 cm³/mol. The molecule has 0 saturated heterocycles. The number of hydrogen-bond donors (Lipinski definition) is 2. The first-order valence-corrected chi connectivity index (χ1v) is 3.85. The number of aryl methyl sites for hydroxylation is 1. The molecule has 4 heteroatoms. The first-order chi connectivity index (χ1) is 6.09. The van der Waals surface area contributed by atoms with E-state index in [1.807, 2.05) is 0 Å². The fourth-order valence-corrected chi connectivity index (χ4v) is 1.01. The number of carboxylic acid groups (broad SMARTS) is 1. The van der Waals surface area contributed by atoms with E-state index < -0.39 is 11.8 Å². The van der Waals surface area contributed by atoms with Crippen LogP contribution < -0.4 is 5.73 Å². The number of nitrogens with two attached hydrogens (primary N) is 1. The predicted octanol–water partition coefficient (Wildman–Crippen LogP) is 1.43. The second kappa shape index (κ2) is 3.89. The molecule has 0 aliphatic carbocycles. The Labute approximate surface area is 75.0 Å². The van der Waals surface area contributed by atoms with E-state index in [4.69, 9.17) is 10.8 Å². The summed E-state index contributed by atoms with van der Waals surface area (Å²) in [4.78, 5) is 10.2. The Hall–Kier alpha value is -1.58. The van der Waals surface area contributed by atoms with Gasteiger partial charge in [-0.05, 0) is 24.1 Å². The van der Waals surface area contributed by atoms with Gasteiger partial charge in [0.2, 0.25) is 0 Å². The Kier molecular flexibility index (Phi) is 2.84. The molecule has 0 atom stereocenters. The summed E-state index contributed by atoms with van der Waals surface area (Å²) >= 11 is 0. The molecule has 13 heavy (non-hydrogen) atoms. The van der Waals surface area contributed by atoms with Gasteiger partial charge in [-0.15, -0.1) is 0 Å². The molecular weight excluding hydrogens is 173 g/mol. The number of carboxylic acids is 1. The molecule has 1 rings (SSSR count). The van der Waals surface area contributed by atoms with Gasteiger partial charge in [-0.2, -0.15) is 0 Å². The van der Waals surface area contributed by atoms with Crippen LogP contribution in [0.1, 0.15) is 12.0 Å². The summed E-state index contributed by atoms with van der Waals surface area (Å²) in [5.41, 5.74) is 6.06. The Morgan fingerprint density at radius 3 is 2.77 bits per heavy atom. The van der Waals surface area contributed by atoms with Crippen molar-refractivity contribution in [1.82, 2.24) is 0 Å². The van der Waals surface area contributed by atoms with Crippen LogP contribution in [0.5, 0.6) is 0 Å². The van der Waals surface area contributed by atoms with E-state index in [0.29, 0.717) is 11.3 Å². The van der Waals surface area contributed by atoms with Crippen LogP contribution >= 0.6 is 0 Å². The van der Waals surface area contributed by atoms with E-state index in [1.165, 1.54) is 12.1 Å². The molecule has 0 heterocycles. The van der Waals surface area contributed by atoms with E-state index in [0.717, 1.165) is 0 Å². The lowest BCUT2D eigenvalue weighted by Gasteiger charge is -2.01. The van der Waals surface area contributed by atoms with Gasteiger partial charge in [-0.3, -0.25) is 4.79 Å². The maximum absolute atomic E-state index is 13.0. The van der Waals surface area contributed by atoms with Gasteiger partial charge in [0.05, 0.1) is 0 Å². The molecule has 0 unspecified atom stereocenters. The van der Waals surface area contributed by atoms with Crippen molar-refractivity contribution in [3.05, 3.63) is 29.6 Å². The zero-order valence-corrected chi connectivity index (χ0v) is 6.96. The molecule has 0 fully saturated rings. The van der Waals surface area contributed by atoms with E-state index >= 15 is 0 Å². The Morgan fingerprint density at radius 1 is 1.54 bits per heavy atom. The van der Waals surface area contributed by atoms with Gasteiger partial charge in [0.25, 0.3) is 0 Å². The van der Waals surface area contributed by atoms with E-state index in [-0.39, 0.29) is 12.8 Å². The summed E-state index contributed by atoms with van der Waals surface area (Å²) in [7, 11) is 0. The first-order valence-electron chi connectivity index (χ1n) is 3.85. The highest BCUT2D eigenvalue weighted by atomic mass is 19.1. The number of hydrogen-bond acceptors (Lipinski definition) is 2. The second-order valence-corrected chi connectivity index (χ2v) is 2.74. The number of aliphatic carboxylic acids is 1. The Balaban J connectivity index is 2.72. The van der Waals surface area contributed by atoms with Crippen LogP contribution in [0, 0.1) is 5.82 Å². The molecule has 3 nitrogen and oxygen atoms in total. The summed E-state index contributed by atoms with van der Waals surface area (Å²) in [5, 5.41) is 8.37. The quantitative estimate of drug-likeness (QED) is 0.696. The SMILES string of the molecule is Nc1ccc(CCC(=O)O)c(F)c1. The average Bonchev–Trinajstić information content (AvgIpc) is 2.02. The lowest BCUT2D eigenvalue weighted by Crippen LogP contribution is -2.00. The zero-order valence-electron chi connectivity index (χ0n) is 6.96. The van der Waals surface area contributed by atoms with Crippen LogP contribution in [-0.2, 0) is 11.2 Å². The van der Waals surface area contributed by atoms with Crippen molar-refractivity contribution in [3.8, 4) is 0 Å². The van der Waals surface area contributed by atoms with Crippen molar-refractivity contribution in [2.45, 2.75) is 12.8 Å². The maximum atomic E-state index is 13.0. The minimum atomic E-state index is -0.934. The molecule has 0 aliphatic heterocycles. The molecule has 0 aliphatic rings. The Morgan fingerprint density at radius 2 is 2.23 bits per heavy atom. The lowest BCUT2D eigenvalue weighted by atomic mass is 10.1. The third-order valence-electron chi connectivity index (χ3n) is 1.69. The molecule has 0 saturated carbocycles. The first kappa shape index (κ1) is 9.51. The molecule has 0 aromatic heterocycles. The number of rotatable bonds is 3. The fourth-order valence-electron chi connectivity index (χ4n) is 1.01. The smallest absolute Gasteiger partial charge is 0.303 e. The van der Waals surface area contributed by atoms with Gasteiger partial charge >= 0.3 is 5.97 Å². The molecule has 70 valence electrons. The summed E-state index contributed by atoms with van der Waals surface area (Å²) in [6, 6.07) is 4.26. The van der Waals surface area contributed by atoms with Crippen molar-refractivity contribution in [1.29, 1.82) is 0 Å². The minimum absolute atomic E-state index is 0.0686. The highest BCUT2D eigenvalue weighted by Gasteiger charge is 2.04.